The Kier molecular flexibility index (Phi) is 7.05. The minimum atomic E-state index is -0.0942. The molecule has 5 heteroatoms. The Bertz CT molecular complexity index is 1030. The van der Waals surface area contributed by atoms with Crippen LogP contribution in [0.25, 0.3) is 6.08 Å². The molecule has 0 saturated heterocycles. The molecule has 0 fully saturated rings. The van der Waals surface area contributed by atoms with Crippen molar-refractivity contribution in [3.63, 3.8) is 0 Å². The Labute approximate surface area is 190 Å². The molecule has 32 heavy (non-hydrogen) atoms. The van der Waals surface area contributed by atoms with Crippen LogP contribution in [0.3, 0.4) is 0 Å². The standard InChI is InChI=1S/C27H32N2O3/c1-3-16-29(17-6-15-28-27(31)23-7-4-5-8-25(23)32-2)21-12-13-22-20(18-21)10-9-19-11-14-24(30)26(19)22/h4-5,7-11,14,21H,3,6,12-13,15-18H2,1-2H3,(H,28,31)/t21-/m0/s1. The van der Waals surface area contributed by atoms with Gasteiger partial charge in [-0.15, -0.1) is 0 Å². The third kappa shape index (κ3) is 4.63. The molecule has 0 unspecified atom stereocenters. The Morgan fingerprint density at radius 1 is 1.16 bits per heavy atom. The number of carbonyl (C=O) groups excluding carboxylic acids is 2. The van der Waals surface area contributed by atoms with Gasteiger partial charge in [0.25, 0.3) is 5.91 Å². The van der Waals surface area contributed by atoms with E-state index in [0.717, 1.165) is 56.3 Å². The normalized spacial score (nSPS) is 16.7. The Morgan fingerprint density at radius 2 is 2.00 bits per heavy atom. The van der Waals surface area contributed by atoms with Gasteiger partial charge in [0.1, 0.15) is 5.75 Å². The second kappa shape index (κ2) is 10.1. The molecule has 0 bridgehead atoms. The quantitative estimate of drug-likeness (QED) is 0.601. The maximum Gasteiger partial charge on any atom is 0.255 e. The first-order valence-corrected chi connectivity index (χ1v) is 11.6. The molecule has 0 heterocycles. The minimum absolute atomic E-state index is 0.0942. The first kappa shape index (κ1) is 22.3. The number of benzene rings is 2. The molecule has 1 atom stereocenters. The van der Waals surface area contributed by atoms with Crippen molar-refractivity contribution in [3.8, 4) is 5.75 Å². The van der Waals surface area contributed by atoms with Crippen LogP contribution in [-0.4, -0.2) is 49.4 Å². The number of carbonyl (C=O) groups is 2. The van der Waals surface area contributed by atoms with Gasteiger partial charge in [0.2, 0.25) is 0 Å². The molecule has 5 nitrogen and oxygen atoms in total. The third-order valence-corrected chi connectivity index (χ3v) is 6.57. The number of hydrogen-bond donors (Lipinski definition) is 1. The van der Waals surface area contributed by atoms with Crippen LogP contribution in [0.4, 0.5) is 0 Å². The third-order valence-electron chi connectivity index (χ3n) is 6.57. The van der Waals surface area contributed by atoms with Crippen LogP contribution in [0.2, 0.25) is 0 Å². The van der Waals surface area contributed by atoms with Crippen LogP contribution in [0.15, 0.2) is 42.5 Å². The van der Waals surface area contributed by atoms with Gasteiger partial charge in [-0.3, -0.25) is 14.5 Å². The van der Waals surface area contributed by atoms with Crippen molar-refractivity contribution in [2.24, 2.45) is 0 Å². The molecule has 0 aliphatic heterocycles. The molecule has 0 saturated carbocycles. The van der Waals surface area contributed by atoms with Crippen LogP contribution in [-0.2, 0) is 12.8 Å². The SMILES string of the molecule is CCCN(CCCNC(=O)c1ccccc1OC)[C@H]1CCc2c(ccc3c2C(=O)C=C3)C1. The van der Waals surface area contributed by atoms with Gasteiger partial charge in [-0.05, 0) is 73.5 Å². The maximum absolute atomic E-state index is 12.5. The van der Waals surface area contributed by atoms with Crippen molar-refractivity contribution in [2.75, 3.05) is 26.7 Å². The summed E-state index contributed by atoms with van der Waals surface area (Å²) in [7, 11) is 1.58. The van der Waals surface area contributed by atoms with Crippen molar-refractivity contribution < 1.29 is 14.3 Å². The molecule has 1 amide bonds. The first-order chi connectivity index (χ1) is 15.6. The van der Waals surface area contributed by atoms with E-state index in [1.165, 1.54) is 11.1 Å². The summed E-state index contributed by atoms with van der Waals surface area (Å²) >= 11 is 0. The molecule has 0 radical (unpaired) electrons. The van der Waals surface area contributed by atoms with E-state index < -0.39 is 0 Å². The molecule has 2 aromatic carbocycles. The lowest BCUT2D eigenvalue weighted by Gasteiger charge is -2.35. The van der Waals surface area contributed by atoms with Gasteiger partial charge in [0, 0.05) is 24.7 Å². The molecule has 2 aliphatic rings. The summed E-state index contributed by atoms with van der Waals surface area (Å²) in [5, 5.41) is 3.03. The summed E-state index contributed by atoms with van der Waals surface area (Å²) < 4.78 is 5.29. The van der Waals surface area contributed by atoms with Gasteiger partial charge >= 0.3 is 0 Å². The molecular weight excluding hydrogens is 400 g/mol. The van der Waals surface area contributed by atoms with E-state index in [2.05, 4.69) is 29.3 Å². The number of ether oxygens (including phenoxy) is 1. The number of ketones is 1. The smallest absolute Gasteiger partial charge is 0.255 e. The van der Waals surface area contributed by atoms with Crippen molar-refractivity contribution in [1.82, 2.24) is 10.2 Å². The van der Waals surface area contributed by atoms with E-state index in [1.54, 1.807) is 25.3 Å². The predicted molar refractivity (Wildman–Crippen MR) is 127 cm³/mol. The van der Waals surface area contributed by atoms with Gasteiger partial charge in [-0.2, -0.15) is 0 Å². The van der Waals surface area contributed by atoms with Crippen LogP contribution < -0.4 is 10.1 Å². The van der Waals surface area contributed by atoms with Gasteiger partial charge < -0.3 is 10.1 Å². The summed E-state index contributed by atoms with van der Waals surface area (Å²) in [6.07, 6.45) is 8.65. The maximum atomic E-state index is 12.5. The van der Waals surface area contributed by atoms with Crippen LogP contribution >= 0.6 is 0 Å². The first-order valence-electron chi connectivity index (χ1n) is 11.6. The van der Waals surface area contributed by atoms with E-state index in [1.807, 2.05) is 18.2 Å². The highest BCUT2D eigenvalue weighted by Crippen LogP contribution is 2.33. The summed E-state index contributed by atoms with van der Waals surface area (Å²) in [5.74, 6) is 0.661. The van der Waals surface area contributed by atoms with Crippen LogP contribution in [0.5, 0.6) is 5.75 Å². The second-order valence-corrected chi connectivity index (χ2v) is 8.61. The average Bonchev–Trinajstić information content (AvgIpc) is 3.21. The Balaban J connectivity index is 1.33. The lowest BCUT2D eigenvalue weighted by molar-refractivity contribution is 0.0945. The molecule has 2 aliphatic carbocycles. The number of fused-ring (bicyclic) bond motifs is 3. The fraction of sp³-hybridized carbons (Fsp3) is 0.407. The number of rotatable bonds is 9. The van der Waals surface area contributed by atoms with Crippen LogP contribution in [0, 0.1) is 0 Å². The minimum Gasteiger partial charge on any atom is -0.496 e. The van der Waals surface area contributed by atoms with E-state index in [9.17, 15) is 9.59 Å². The topological polar surface area (TPSA) is 58.6 Å². The summed E-state index contributed by atoms with van der Waals surface area (Å²) in [6, 6.07) is 12.1. The van der Waals surface area contributed by atoms with E-state index in [0.29, 0.717) is 23.9 Å². The number of hydrogen-bond acceptors (Lipinski definition) is 4. The predicted octanol–water partition coefficient (Wildman–Crippen LogP) is 4.29. The summed E-state index contributed by atoms with van der Waals surface area (Å²) in [4.78, 5) is 27.4. The highest BCUT2D eigenvalue weighted by molar-refractivity contribution is 6.14. The highest BCUT2D eigenvalue weighted by atomic mass is 16.5. The molecular formula is C27H32N2O3. The number of methoxy groups -OCH3 is 1. The molecule has 4 rings (SSSR count). The molecule has 168 valence electrons. The summed E-state index contributed by atoms with van der Waals surface area (Å²) in [6.45, 7) is 4.84. The lowest BCUT2D eigenvalue weighted by Crippen LogP contribution is -2.41. The zero-order chi connectivity index (χ0) is 22.5. The van der Waals surface area contributed by atoms with Crippen molar-refractivity contribution in [2.45, 2.75) is 45.1 Å². The Morgan fingerprint density at radius 3 is 2.81 bits per heavy atom. The number of para-hydroxylation sites is 1. The number of nitrogens with one attached hydrogen (secondary N) is 1. The van der Waals surface area contributed by atoms with E-state index in [-0.39, 0.29) is 11.7 Å². The lowest BCUT2D eigenvalue weighted by atomic mass is 9.83. The van der Waals surface area contributed by atoms with Crippen molar-refractivity contribution in [1.29, 1.82) is 0 Å². The monoisotopic (exact) mass is 432 g/mol. The van der Waals surface area contributed by atoms with Crippen molar-refractivity contribution in [3.05, 3.63) is 70.3 Å². The zero-order valence-corrected chi connectivity index (χ0v) is 19.0. The fourth-order valence-electron chi connectivity index (χ4n) is 5.02. The van der Waals surface area contributed by atoms with E-state index >= 15 is 0 Å². The number of allylic oxidation sites excluding steroid dienone is 1. The largest absolute Gasteiger partial charge is 0.496 e. The molecule has 0 aromatic heterocycles. The Hall–Kier alpha value is -2.92. The van der Waals surface area contributed by atoms with Crippen LogP contribution in [0.1, 0.15) is 63.6 Å². The molecule has 0 spiro atoms. The molecule has 2 aromatic rings. The number of nitrogens with zero attached hydrogens (tertiary/aromatic N) is 1. The second-order valence-electron chi connectivity index (χ2n) is 8.61. The zero-order valence-electron chi connectivity index (χ0n) is 19.0. The average molecular weight is 433 g/mol. The summed E-state index contributed by atoms with van der Waals surface area (Å²) in [5.41, 5.74) is 5.16. The van der Waals surface area contributed by atoms with Gasteiger partial charge in [0.15, 0.2) is 5.78 Å². The fourth-order valence-corrected chi connectivity index (χ4v) is 5.02. The number of amides is 1. The highest BCUT2D eigenvalue weighted by Gasteiger charge is 2.28. The van der Waals surface area contributed by atoms with Gasteiger partial charge in [0.05, 0.1) is 12.7 Å². The van der Waals surface area contributed by atoms with E-state index in [4.69, 9.17) is 4.74 Å². The van der Waals surface area contributed by atoms with Crippen molar-refractivity contribution >= 4 is 17.8 Å². The molecule has 1 N–H and O–H groups in total. The van der Waals surface area contributed by atoms with Gasteiger partial charge in [-0.1, -0.05) is 37.3 Å². The van der Waals surface area contributed by atoms with Gasteiger partial charge in [-0.25, -0.2) is 0 Å².